The third-order valence-electron chi connectivity index (χ3n) is 2.25. The Kier molecular flexibility index (Phi) is 5.57. The van der Waals surface area contributed by atoms with Crippen LogP contribution < -0.4 is 4.52 Å². The number of para-hydroxylation sites is 1. The molecule has 0 saturated heterocycles. The molecule has 0 bridgehead atoms. The second kappa shape index (κ2) is 6.84. The Morgan fingerprint density at radius 2 is 1.46 bits per heavy atom. The number of halogens is 6. The fourth-order valence-corrected chi connectivity index (χ4v) is 8.05. The average molecular weight is 415 g/mol. The minimum Gasteiger partial charge on any atom is -0.419 e. The summed E-state index contributed by atoms with van der Waals surface area (Å²) in [5.41, 5.74) is 0. The van der Waals surface area contributed by atoms with E-state index in [9.17, 15) is 25.8 Å². The molecule has 0 spiro atoms. The molecule has 0 radical (unpaired) electrons. The lowest BCUT2D eigenvalue weighted by Crippen LogP contribution is -2.15. The molecule has 0 aliphatic carbocycles. The molecular weight excluding hydrogens is 405 g/mol. The maximum absolute atomic E-state index is 14.7. The summed E-state index contributed by atoms with van der Waals surface area (Å²) in [6.45, 7) is -2.13. The van der Waals surface area contributed by atoms with Crippen molar-refractivity contribution in [3.8, 4) is 5.75 Å². The Bertz CT molecular complexity index is 769. The van der Waals surface area contributed by atoms with Crippen LogP contribution in [0.1, 0.15) is 0 Å². The minimum absolute atomic E-state index is 0.173. The molecule has 6 nitrogen and oxygen atoms in total. The highest BCUT2D eigenvalue weighted by Crippen LogP contribution is 2.80. The Morgan fingerprint density at radius 3 is 2.00 bits per heavy atom. The molecule has 1 aliphatic heterocycles. The molecule has 15 heteroatoms. The maximum atomic E-state index is 14.7. The predicted molar refractivity (Wildman–Crippen MR) is 77.5 cm³/mol. The molecule has 0 fully saturated rings. The van der Waals surface area contributed by atoms with E-state index in [1.54, 1.807) is 6.07 Å². The molecule has 0 saturated carbocycles. The molecule has 136 valence electrons. The van der Waals surface area contributed by atoms with Crippen molar-refractivity contribution in [2.24, 2.45) is 13.5 Å². The lowest BCUT2D eigenvalue weighted by Gasteiger charge is -2.23. The highest BCUT2D eigenvalue weighted by molar-refractivity contribution is 7.78. The zero-order valence-corrected chi connectivity index (χ0v) is 14.5. The number of hydrogen-bond acceptors (Lipinski definition) is 6. The van der Waals surface area contributed by atoms with Crippen LogP contribution in [0.25, 0.3) is 0 Å². The van der Waals surface area contributed by atoms with Crippen molar-refractivity contribution in [3.05, 3.63) is 30.3 Å². The van der Waals surface area contributed by atoms with Crippen molar-refractivity contribution < 1.29 is 39.3 Å². The quantitative estimate of drug-likeness (QED) is 0.382. The van der Waals surface area contributed by atoms with Crippen molar-refractivity contribution >= 4 is 23.2 Å². The number of nitrogens with zero attached hydrogens (tertiary/aromatic N) is 3. The first-order valence-corrected chi connectivity index (χ1v) is 10.5. The van der Waals surface area contributed by atoms with Crippen molar-refractivity contribution in [3.63, 3.8) is 0 Å². The van der Waals surface area contributed by atoms with Gasteiger partial charge in [0.25, 0.3) is 0 Å². The summed E-state index contributed by atoms with van der Waals surface area (Å²) >= 11 is 0. The predicted octanol–water partition coefficient (Wildman–Crippen LogP) is 7.05. The summed E-state index contributed by atoms with van der Waals surface area (Å²) in [5, 5.41) is 0. The van der Waals surface area contributed by atoms with E-state index in [0.717, 1.165) is 0 Å². The van der Waals surface area contributed by atoms with Crippen LogP contribution in [0.15, 0.2) is 43.9 Å². The van der Waals surface area contributed by atoms with Gasteiger partial charge in [-0.25, -0.2) is 0 Å². The van der Waals surface area contributed by atoms with Crippen LogP contribution in [0.4, 0.5) is 25.8 Å². The zero-order chi connectivity index (χ0) is 18.1. The number of alkyl halides is 3. The molecule has 1 aliphatic rings. The molecule has 1 aromatic carbocycles. The summed E-state index contributed by atoms with van der Waals surface area (Å²) in [6.07, 6.45) is -4.94. The first-order chi connectivity index (χ1) is 11.0. The Labute approximate surface area is 133 Å². The third kappa shape index (κ3) is 5.36. The van der Waals surface area contributed by atoms with Crippen LogP contribution in [0.5, 0.6) is 5.75 Å². The van der Waals surface area contributed by atoms with Crippen molar-refractivity contribution in [1.82, 2.24) is 0 Å². The highest BCUT2D eigenvalue weighted by Gasteiger charge is 2.43. The molecule has 0 aromatic heterocycles. The number of benzene rings is 1. The molecule has 3 atom stereocenters. The van der Waals surface area contributed by atoms with E-state index >= 15 is 0 Å². The van der Waals surface area contributed by atoms with E-state index in [1.165, 1.54) is 24.3 Å². The van der Waals surface area contributed by atoms with Gasteiger partial charge in [0, 0.05) is 7.11 Å². The van der Waals surface area contributed by atoms with Crippen molar-refractivity contribution in [2.75, 3.05) is 13.7 Å². The van der Waals surface area contributed by atoms with Crippen LogP contribution >= 0.6 is 23.2 Å². The van der Waals surface area contributed by atoms with E-state index in [0.29, 0.717) is 7.11 Å². The van der Waals surface area contributed by atoms with E-state index in [2.05, 4.69) is 22.6 Å². The lowest BCUT2D eigenvalue weighted by atomic mass is 10.3. The smallest absolute Gasteiger partial charge is 0.419 e. The standard InChI is InChI=1S/C9H10F6N3O3P3/c1-19-22(13)16-23(14,20-7-9(10,11)12)18-24(15,17-22)21-8-5-3-2-4-6-8/h2-6H,7H2,1H3. The van der Waals surface area contributed by atoms with Gasteiger partial charge in [-0.2, -0.15) is 21.6 Å². The highest BCUT2D eigenvalue weighted by atomic mass is 31.3. The van der Waals surface area contributed by atoms with Gasteiger partial charge in [-0.15, -0.1) is 17.7 Å². The average Bonchev–Trinajstić information content (AvgIpc) is 2.44. The van der Waals surface area contributed by atoms with Gasteiger partial charge in [-0.05, 0) is 12.1 Å². The number of hydrogen-bond donors (Lipinski definition) is 0. The minimum atomic E-state index is -5.32. The molecule has 3 unspecified atom stereocenters. The SMILES string of the molecule is COP1(F)=NP(F)(Oc2ccccc2)=NP(F)(OCC(F)(F)F)=N1. The first kappa shape index (κ1) is 19.5. The van der Waals surface area contributed by atoms with E-state index in [-0.39, 0.29) is 5.75 Å². The van der Waals surface area contributed by atoms with Crippen molar-refractivity contribution in [2.45, 2.75) is 6.18 Å². The van der Waals surface area contributed by atoms with Gasteiger partial charge in [0.2, 0.25) is 0 Å². The molecular formula is C9H10F6N3O3P3. The fourth-order valence-electron chi connectivity index (χ4n) is 1.39. The van der Waals surface area contributed by atoms with E-state index in [1.807, 2.05) is 0 Å². The van der Waals surface area contributed by atoms with E-state index in [4.69, 9.17) is 4.52 Å². The van der Waals surface area contributed by atoms with Crippen LogP contribution in [-0.2, 0) is 9.05 Å². The van der Waals surface area contributed by atoms with Crippen molar-refractivity contribution in [1.29, 1.82) is 0 Å². The number of rotatable bonds is 5. The van der Waals surface area contributed by atoms with Gasteiger partial charge >= 0.3 is 29.4 Å². The van der Waals surface area contributed by atoms with Gasteiger partial charge in [0.1, 0.15) is 5.75 Å². The fraction of sp³-hybridized carbons (Fsp3) is 0.333. The topological polar surface area (TPSA) is 64.8 Å². The second-order valence-electron chi connectivity index (χ2n) is 4.16. The second-order valence-corrected chi connectivity index (χ2v) is 9.95. The normalized spacial score (nSPS) is 33.1. The van der Waals surface area contributed by atoms with Gasteiger partial charge < -0.3 is 9.05 Å². The van der Waals surface area contributed by atoms with Crippen LogP contribution in [-0.4, -0.2) is 19.9 Å². The van der Waals surface area contributed by atoms with Crippen LogP contribution in [0.3, 0.4) is 0 Å². The monoisotopic (exact) mass is 415 g/mol. The summed E-state index contributed by atoms with van der Waals surface area (Å²) < 4.78 is 101. The van der Waals surface area contributed by atoms with Gasteiger partial charge in [-0.3, -0.25) is 4.52 Å². The van der Waals surface area contributed by atoms with E-state index < -0.39 is 36.0 Å². The summed E-state index contributed by atoms with van der Waals surface area (Å²) in [4.78, 5) is 0. The molecule has 0 N–H and O–H groups in total. The van der Waals surface area contributed by atoms with Gasteiger partial charge in [-0.1, -0.05) is 18.2 Å². The Morgan fingerprint density at radius 1 is 0.917 bits per heavy atom. The maximum Gasteiger partial charge on any atom is 0.441 e. The molecule has 24 heavy (non-hydrogen) atoms. The first-order valence-electron chi connectivity index (χ1n) is 5.99. The summed E-state index contributed by atoms with van der Waals surface area (Å²) in [6, 6.07) is 6.92. The van der Waals surface area contributed by atoms with Crippen LogP contribution in [0, 0.1) is 0 Å². The summed E-state index contributed by atoms with van der Waals surface area (Å²) in [5.74, 6) is -0.173. The Balaban J connectivity index is 2.45. The Hall–Kier alpha value is -0.790. The van der Waals surface area contributed by atoms with Crippen LogP contribution in [0.2, 0.25) is 0 Å². The molecule has 1 aromatic rings. The zero-order valence-electron chi connectivity index (χ0n) is 11.8. The van der Waals surface area contributed by atoms with Gasteiger partial charge in [0.05, 0.1) is 0 Å². The van der Waals surface area contributed by atoms with Gasteiger partial charge in [0.15, 0.2) is 6.61 Å². The third-order valence-corrected chi connectivity index (χ3v) is 8.91. The largest absolute Gasteiger partial charge is 0.441 e. The molecule has 2 rings (SSSR count). The lowest BCUT2D eigenvalue weighted by molar-refractivity contribution is -0.153. The molecule has 0 amide bonds. The molecule has 1 heterocycles. The summed E-state index contributed by atoms with van der Waals surface area (Å²) in [7, 11) is -14.6.